The van der Waals surface area contributed by atoms with Crippen LogP contribution in [-0.4, -0.2) is 72.2 Å². The molecule has 1 aromatic heterocycles. The van der Waals surface area contributed by atoms with Crippen LogP contribution in [0.15, 0.2) is 60.8 Å². The smallest absolute Gasteiger partial charge is 0.229 e. The summed E-state index contributed by atoms with van der Waals surface area (Å²) in [4.78, 5) is 18.0. The van der Waals surface area contributed by atoms with Crippen LogP contribution in [0.5, 0.6) is 11.5 Å². The summed E-state index contributed by atoms with van der Waals surface area (Å²) >= 11 is 7.63. The van der Waals surface area contributed by atoms with Gasteiger partial charge in [-0.2, -0.15) is 28.0 Å². The number of benzene rings is 3. The third-order valence-corrected chi connectivity index (χ3v) is 9.38. The first-order valence-corrected chi connectivity index (χ1v) is 17.4. The summed E-state index contributed by atoms with van der Waals surface area (Å²) in [5.41, 5.74) is 2.28. The lowest BCUT2D eigenvalue weighted by Gasteiger charge is -2.20. The summed E-state index contributed by atoms with van der Waals surface area (Å²) in [6.45, 7) is 2.35. The molecule has 1 heterocycles. The van der Waals surface area contributed by atoms with Gasteiger partial charge in [0.1, 0.15) is 42.7 Å². The normalized spacial score (nSPS) is 13.4. The predicted octanol–water partition coefficient (Wildman–Crippen LogP) is 5.85. The highest BCUT2D eigenvalue weighted by molar-refractivity contribution is 7.99. The molecule has 4 aromatic rings. The van der Waals surface area contributed by atoms with Crippen LogP contribution in [0.25, 0.3) is 10.9 Å². The fourth-order valence-electron chi connectivity index (χ4n) is 4.47. The number of anilines is 3. The molecule has 11 nitrogen and oxygen atoms in total. The molecule has 1 atom stereocenters. The van der Waals surface area contributed by atoms with Crippen LogP contribution >= 0.6 is 34.3 Å². The fraction of sp³-hybridized carbons (Fsp3) is 0.265. The number of amides is 1. The fourth-order valence-corrected chi connectivity index (χ4v) is 6.46. The zero-order chi connectivity index (χ0) is 35.5. The number of nitrogens with zero attached hydrogens (tertiary/aromatic N) is 2. The minimum Gasteiger partial charge on any atom is -0.489 e. The molecule has 0 radical (unpaired) electrons. The first-order chi connectivity index (χ1) is 23.5. The SMILES string of the molecule is CC(O)=[SH]CC(C[SH]=C(C)O)C(=O)Nc1cc2c(Nc3ccc(OCc4cccc(F)c4)c(Cl)c3)c(C#N)cnc2cc1OC[C@@H](O)CO. The largest absolute Gasteiger partial charge is 0.489 e. The number of carbonyl (C=O) groups is 1. The van der Waals surface area contributed by atoms with Crippen LogP contribution in [0.2, 0.25) is 5.02 Å². The maximum atomic E-state index is 13.6. The molecular weight excluding hydrogens is 695 g/mol. The Balaban J connectivity index is 1.70. The molecule has 0 saturated carbocycles. The van der Waals surface area contributed by atoms with Gasteiger partial charge in [0.2, 0.25) is 5.91 Å². The summed E-state index contributed by atoms with van der Waals surface area (Å²) in [6.07, 6.45) is 0.190. The van der Waals surface area contributed by atoms with Gasteiger partial charge in [0.25, 0.3) is 0 Å². The van der Waals surface area contributed by atoms with Crippen LogP contribution in [0.4, 0.5) is 21.5 Å². The van der Waals surface area contributed by atoms with Gasteiger partial charge in [-0.15, -0.1) is 0 Å². The van der Waals surface area contributed by atoms with Crippen molar-refractivity contribution in [2.24, 2.45) is 5.92 Å². The second kappa shape index (κ2) is 18.1. The summed E-state index contributed by atoms with van der Waals surface area (Å²) in [6, 6.07) is 16.2. The molecular formula is C34H36ClFN4O7S2. The van der Waals surface area contributed by atoms with E-state index < -0.39 is 24.5 Å². The zero-order valence-electron chi connectivity index (χ0n) is 26.5. The minimum atomic E-state index is -1.19. The van der Waals surface area contributed by atoms with Crippen molar-refractivity contribution in [1.29, 1.82) is 5.26 Å². The number of aliphatic hydroxyl groups excluding tert-OH is 4. The number of carbonyl (C=O) groups excluding carboxylic acids is 1. The van der Waals surface area contributed by atoms with Crippen molar-refractivity contribution in [3.05, 3.63) is 82.8 Å². The van der Waals surface area contributed by atoms with Crippen molar-refractivity contribution in [2.45, 2.75) is 26.6 Å². The summed E-state index contributed by atoms with van der Waals surface area (Å²) in [5, 5.41) is 55.8. The molecule has 0 aliphatic heterocycles. The Labute approximate surface area is 294 Å². The number of fused-ring (bicyclic) bond motifs is 1. The van der Waals surface area contributed by atoms with Crippen LogP contribution < -0.4 is 20.1 Å². The van der Waals surface area contributed by atoms with Gasteiger partial charge in [0.05, 0.1) is 50.1 Å². The molecule has 0 spiro atoms. The maximum Gasteiger partial charge on any atom is 0.229 e. The van der Waals surface area contributed by atoms with E-state index in [1.807, 2.05) is 0 Å². The Kier molecular flexibility index (Phi) is 13.9. The van der Waals surface area contributed by atoms with Crippen molar-refractivity contribution < 1.29 is 39.1 Å². The number of thiol groups is 2. The Bertz CT molecular complexity index is 1890. The van der Waals surface area contributed by atoms with Crippen molar-refractivity contribution in [3.63, 3.8) is 0 Å². The Morgan fingerprint density at radius 1 is 1.06 bits per heavy atom. The van der Waals surface area contributed by atoms with Crippen molar-refractivity contribution in [1.82, 2.24) is 4.98 Å². The Hall–Kier alpha value is -4.07. The average molecular weight is 731 g/mol. The molecule has 0 aliphatic rings. The van der Waals surface area contributed by atoms with Gasteiger partial charge < -0.3 is 40.5 Å². The van der Waals surface area contributed by atoms with Gasteiger partial charge >= 0.3 is 0 Å². The zero-order valence-corrected chi connectivity index (χ0v) is 29.1. The van der Waals surface area contributed by atoms with E-state index in [1.54, 1.807) is 42.5 Å². The molecule has 3 aromatic carbocycles. The standard InChI is InChI=1S/C34H36ClFN4O7S2/c1-19(42)48-17-23(18-49-20(2)43)34(45)40-30-10-27-29(11-32(30)47-16-26(44)14-41)38-13-22(12-37)33(27)39-25-6-7-31(28(35)9-25)46-15-21-4-3-5-24(36)8-21/h3-11,13,23,26,41-44,48-49H,14-18H2,1-2H3,(H,38,39)(H,40,45)/t26-/m0/s1. The minimum absolute atomic E-state index is 0.0990. The number of hydrogen-bond donors (Lipinski definition) is 8. The van der Waals surface area contributed by atoms with E-state index >= 15 is 0 Å². The lowest BCUT2D eigenvalue weighted by atomic mass is 10.1. The molecule has 4 rings (SSSR count). The number of hydrogen-bond acceptors (Lipinski definition) is 8. The van der Waals surface area contributed by atoms with E-state index in [0.717, 1.165) is 0 Å². The number of rotatable bonds is 15. The number of aliphatic hydroxyl groups is 4. The number of aromatic nitrogens is 1. The number of nitriles is 1. The van der Waals surface area contributed by atoms with Gasteiger partial charge in [0.15, 0.2) is 0 Å². The van der Waals surface area contributed by atoms with Gasteiger partial charge in [0, 0.05) is 23.3 Å². The van der Waals surface area contributed by atoms with Gasteiger partial charge in [-0.1, -0.05) is 23.7 Å². The van der Waals surface area contributed by atoms with Crippen LogP contribution in [-0.2, 0) is 11.4 Å². The van der Waals surface area contributed by atoms with Crippen LogP contribution in [0, 0.1) is 23.1 Å². The lowest BCUT2D eigenvalue weighted by molar-refractivity contribution is -0.118. The molecule has 0 saturated heterocycles. The highest BCUT2D eigenvalue weighted by Crippen LogP contribution is 2.38. The molecule has 6 N–H and O–H groups in total. The first-order valence-electron chi connectivity index (χ1n) is 14.9. The monoisotopic (exact) mass is 730 g/mol. The Morgan fingerprint density at radius 2 is 1.80 bits per heavy atom. The van der Waals surface area contributed by atoms with E-state index in [0.29, 0.717) is 56.3 Å². The molecule has 0 fully saturated rings. The van der Waals surface area contributed by atoms with Crippen molar-refractivity contribution >= 4 is 78.3 Å². The van der Waals surface area contributed by atoms with E-state index in [9.17, 15) is 34.9 Å². The van der Waals surface area contributed by atoms with Gasteiger partial charge in [-0.3, -0.25) is 9.78 Å². The van der Waals surface area contributed by atoms with E-state index in [4.69, 9.17) is 21.1 Å². The van der Waals surface area contributed by atoms with E-state index in [1.165, 1.54) is 32.2 Å². The van der Waals surface area contributed by atoms with Crippen molar-refractivity contribution in [3.8, 4) is 17.6 Å². The average Bonchev–Trinajstić information content (AvgIpc) is 3.06. The molecule has 15 heteroatoms. The number of ether oxygens (including phenoxy) is 2. The highest BCUT2D eigenvalue weighted by Gasteiger charge is 2.21. The van der Waals surface area contributed by atoms with Crippen molar-refractivity contribution in [2.75, 3.05) is 35.4 Å². The quantitative estimate of drug-likeness (QED) is 0.0547. The first kappa shape index (κ1) is 37.7. The van der Waals surface area contributed by atoms with E-state index in [-0.39, 0.29) is 62.7 Å². The highest BCUT2D eigenvalue weighted by atomic mass is 35.5. The molecule has 1 amide bonds. The molecule has 0 aliphatic carbocycles. The van der Waals surface area contributed by atoms with Crippen LogP contribution in [0.1, 0.15) is 25.0 Å². The topological polar surface area (TPSA) is 177 Å². The van der Waals surface area contributed by atoms with Crippen LogP contribution in [0.3, 0.4) is 0 Å². The van der Waals surface area contributed by atoms with E-state index in [2.05, 4.69) is 21.7 Å². The summed E-state index contributed by atoms with van der Waals surface area (Å²) < 4.78 is 25.1. The molecule has 49 heavy (non-hydrogen) atoms. The summed E-state index contributed by atoms with van der Waals surface area (Å²) in [7, 11) is 0. The second-order valence-corrected chi connectivity index (χ2v) is 13.9. The van der Waals surface area contributed by atoms with Gasteiger partial charge in [-0.05, 0) is 67.3 Å². The van der Waals surface area contributed by atoms with Gasteiger partial charge in [-0.25, -0.2) is 4.39 Å². The molecule has 260 valence electrons. The number of nitrogens with one attached hydrogen (secondary N) is 2. The lowest BCUT2D eigenvalue weighted by Crippen LogP contribution is -2.27. The Morgan fingerprint density at radius 3 is 2.43 bits per heavy atom. The number of halogens is 2. The maximum absolute atomic E-state index is 13.6. The predicted molar refractivity (Wildman–Crippen MR) is 197 cm³/mol. The number of pyridine rings is 1. The summed E-state index contributed by atoms with van der Waals surface area (Å²) in [5.74, 6) is -0.293. The molecule has 0 unspecified atom stereocenters. The second-order valence-electron chi connectivity index (χ2n) is 10.8. The molecule has 0 bridgehead atoms. The third kappa shape index (κ3) is 11.0. The third-order valence-electron chi connectivity index (χ3n) is 6.93.